The van der Waals surface area contributed by atoms with E-state index in [0.717, 1.165) is 57.4 Å². The zero-order chi connectivity index (χ0) is 22.5. The van der Waals surface area contributed by atoms with E-state index in [-0.39, 0.29) is 5.91 Å². The number of rotatable bonds is 7. The second-order valence-electron chi connectivity index (χ2n) is 8.76. The Bertz CT molecular complexity index is 1070. The van der Waals surface area contributed by atoms with Gasteiger partial charge in [0.2, 0.25) is 5.91 Å². The van der Waals surface area contributed by atoms with E-state index in [4.69, 9.17) is 9.84 Å². The topological polar surface area (TPSA) is 87.9 Å². The van der Waals surface area contributed by atoms with Gasteiger partial charge in [0, 0.05) is 51.3 Å². The molecule has 0 atom stereocenters. The number of fused-ring (bicyclic) bond motifs is 1. The molecule has 1 amide bonds. The number of nitrogens with zero attached hydrogens (tertiary/aromatic N) is 6. The van der Waals surface area contributed by atoms with Crippen LogP contribution in [0.4, 0.5) is 11.5 Å². The molecule has 2 aliphatic heterocycles. The summed E-state index contributed by atoms with van der Waals surface area (Å²) >= 11 is 0. The Hall–Kier alpha value is -3.04. The van der Waals surface area contributed by atoms with Gasteiger partial charge < -0.3 is 15.0 Å². The van der Waals surface area contributed by atoms with Gasteiger partial charge in [-0.2, -0.15) is 4.52 Å². The van der Waals surface area contributed by atoms with Crippen molar-refractivity contribution in [2.75, 3.05) is 49.6 Å². The first-order valence-corrected chi connectivity index (χ1v) is 11.9. The Morgan fingerprint density at radius 1 is 0.939 bits per heavy atom. The molecule has 33 heavy (non-hydrogen) atoms. The lowest BCUT2D eigenvalue weighted by atomic mass is 10.1. The number of morpholine rings is 1. The predicted molar refractivity (Wildman–Crippen MR) is 126 cm³/mol. The number of aryl methyl sites for hydroxylation is 1. The Kier molecular flexibility index (Phi) is 6.78. The van der Waals surface area contributed by atoms with Gasteiger partial charge in [0.1, 0.15) is 5.82 Å². The number of hydrogen-bond acceptors (Lipinski definition) is 7. The molecule has 1 aromatic carbocycles. The van der Waals surface area contributed by atoms with Crippen LogP contribution < -0.4 is 10.2 Å². The van der Waals surface area contributed by atoms with Crippen LogP contribution in [0.3, 0.4) is 0 Å². The summed E-state index contributed by atoms with van der Waals surface area (Å²) in [6.07, 6.45) is 4.49. The normalized spacial score (nSPS) is 17.4. The Morgan fingerprint density at radius 3 is 2.52 bits per heavy atom. The molecule has 0 aliphatic carbocycles. The molecule has 4 heterocycles. The highest BCUT2D eigenvalue weighted by Gasteiger charge is 2.16. The molecule has 9 nitrogen and oxygen atoms in total. The summed E-state index contributed by atoms with van der Waals surface area (Å²) in [6, 6.07) is 12.0. The minimum absolute atomic E-state index is 0.0418. The highest BCUT2D eigenvalue weighted by Crippen LogP contribution is 2.18. The van der Waals surface area contributed by atoms with Crippen LogP contribution in [0.2, 0.25) is 0 Å². The molecule has 2 aliphatic rings. The Balaban J connectivity index is 1.16. The highest BCUT2D eigenvalue weighted by molar-refractivity contribution is 5.90. The maximum Gasteiger partial charge on any atom is 0.224 e. The molecule has 1 N–H and O–H groups in total. The summed E-state index contributed by atoms with van der Waals surface area (Å²) in [7, 11) is 0. The smallest absolute Gasteiger partial charge is 0.224 e. The molecular formula is C24H31N7O2. The number of amides is 1. The van der Waals surface area contributed by atoms with Crippen LogP contribution >= 0.6 is 0 Å². The van der Waals surface area contributed by atoms with E-state index in [0.29, 0.717) is 24.3 Å². The first-order valence-electron chi connectivity index (χ1n) is 11.9. The number of carbonyl (C=O) groups excluding carboxylic acids is 1. The van der Waals surface area contributed by atoms with E-state index in [2.05, 4.69) is 37.4 Å². The average Bonchev–Trinajstić information content (AvgIpc) is 3.27. The molecule has 174 valence electrons. The van der Waals surface area contributed by atoms with Crippen molar-refractivity contribution in [3.05, 3.63) is 47.8 Å². The van der Waals surface area contributed by atoms with Crippen LogP contribution in [0, 0.1) is 0 Å². The number of anilines is 2. The molecule has 0 unspecified atom stereocenters. The maximum atomic E-state index is 12.5. The third-order valence-corrected chi connectivity index (χ3v) is 6.32. The molecule has 2 fully saturated rings. The van der Waals surface area contributed by atoms with Gasteiger partial charge in [-0.1, -0.05) is 12.1 Å². The molecule has 5 rings (SSSR count). The van der Waals surface area contributed by atoms with Crippen LogP contribution in [-0.4, -0.2) is 70.0 Å². The van der Waals surface area contributed by atoms with Crippen LogP contribution in [0.15, 0.2) is 36.4 Å². The van der Waals surface area contributed by atoms with Crippen LogP contribution in [0.1, 0.15) is 37.1 Å². The van der Waals surface area contributed by atoms with E-state index in [9.17, 15) is 4.79 Å². The van der Waals surface area contributed by atoms with Crippen LogP contribution in [0.5, 0.6) is 0 Å². The summed E-state index contributed by atoms with van der Waals surface area (Å²) < 4.78 is 7.18. The van der Waals surface area contributed by atoms with Crippen LogP contribution in [-0.2, 0) is 22.5 Å². The van der Waals surface area contributed by atoms with Crippen molar-refractivity contribution in [2.45, 2.75) is 38.6 Å². The van der Waals surface area contributed by atoms with E-state index < -0.39 is 0 Å². The molecule has 3 aromatic rings. The monoisotopic (exact) mass is 449 g/mol. The van der Waals surface area contributed by atoms with Crippen molar-refractivity contribution < 1.29 is 9.53 Å². The molecular weight excluding hydrogens is 418 g/mol. The van der Waals surface area contributed by atoms with Crippen molar-refractivity contribution in [1.29, 1.82) is 0 Å². The van der Waals surface area contributed by atoms with E-state index in [1.54, 1.807) is 4.52 Å². The van der Waals surface area contributed by atoms with Crippen molar-refractivity contribution in [3.63, 3.8) is 0 Å². The van der Waals surface area contributed by atoms with E-state index in [1.807, 2.05) is 24.3 Å². The van der Waals surface area contributed by atoms with Gasteiger partial charge in [-0.3, -0.25) is 9.69 Å². The molecule has 9 heteroatoms. The first kappa shape index (κ1) is 21.8. The van der Waals surface area contributed by atoms with Gasteiger partial charge in [0.05, 0.1) is 13.2 Å². The quantitative estimate of drug-likeness (QED) is 0.593. The lowest BCUT2D eigenvalue weighted by Crippen LogP contribution is -2.35. The zero-order valence-electron chi connectivity index (χ0n) is 18.9. The molecule has 0 bridgehead atoms. The zero-order valence-corrected chi connectivity index (χ0v) is 18.9. The van der Waals surface area contributed by atoms with Gasteiger partial charge >= 0.3 is 0 Å². The lowest BCUT2D eigenvalue weighted by molar-refractivity contribution is -0.116. The Labute approximate surface area is 193 Å². The second-order valence-corrected chi connectivity index (χ2v) is 8.76. The summed E-state index contributed by atoms with van der Waals surface area (Å²) in [6.45, 7) is 6.49. The van der Waals surface area contributed by atoms with Crippen LogP contribution in [0.25, 0.3) is 5.65 Å². The molecule has 2 saturated heterocycles. The van der Waals surface area contributed by atoms with Gasteiger partial charge in [-0.05, 0) is 49.1 Å². The van der Waals surface area contributed by atoms with Gasteiger partial charge in [0.15, 0.2) is 11.5 Å². The summed E-state index contributed by atoms with van der Waals surface area (Å²) in [5.41, 5.74) is 2.75. The number of benzene rings is 1. The number of piperidine rings is 1. The van der Waals surface area contributed by atoms with Gasteiger partial charge in [-0.25, -0.2) is 0 Å². The molecule has 0 saturated carbocycles. The fourth-order valence-electron chi connectivity index (χ4n) is 4.43. The molecule has 0 spiro atoms. The van der Waals surface area contributed by atoms with Crippen molar-refractivity contribution in [2.24, 2.45) is 0 Å². The lowest BCUT2D eigenvalue weighted by Gasteiger charge is -2.27. The summed E-state index contributed by atoms with van der Waals surface area (Å²) in [5, 5.41) is 16.2. The third kappa shape index (κ3) is 5.48. The van der Waals surface area contributed by atoms with E-state index >= 15 is 0 Å². The Morgan fingerprint density at radius 2 is 1.73 bits per heavy atom. The van der Waals surface area contributed by atoms with Gasteiger partial charge in [-0.15, -0.1) is 15.3 Å². The maximum absolute atomic E-state index is 12.5. The minimum Gasteiger partial charge on any atom is -0.379 e. The fourth-order valence-corrected chi connectivity index (χ4v) is 4.43. The first-order chi connectivity index (χ1) is 16.2. The number of ether oxygens (including phenoxy) is 1. The number of hydrogen-bond donors (Lipinski definition) is 1. The fraction of sp³-hybridized carbons (Fsp3) is 0.500. The molecule has 2 aromatic heterocycles. The summed E-state index contributed by atoms with van der Waals surface area (Å²) in [4.78, 5) is 17.2. The number of nitrogens with one attached hydrogen (secondary N) is 1. The van der Waals surface area contributed by atoms with Crippen molar-refractivity contribution in [3.8, 4) is 0 Å². The number of carbonyl (C=O) groups is 1. The number of aromatic nitrogens is 4. The average molecular weight is 450 g/mol. The highest BCUT2D eigenvalue weighted by atomic mass is 16.5. The predicted octanol–water partition coefficient (Wildman–Crippen LogP) is 2.52. The standard InChI is InChI=1S/C24H31N7O2/c32-24(25-20-6-4-19(5-7-20)18-29-14-16-33-17-15-29)11-10-22-27-26-21-8-9-23(28-31(21)22)30-12-2-1-3-13-30/h4-9H,1-3,10-18H2,(H,25,32). The molecule has 0 radical (unpaired) electrons. The second kappa shape index (κ2) is 10.3. The van der Waals surface area contributed by atoms with Gasteiger partial charge in [0.25, 0.3) is 0 Å². The van der Waals surface area contributed by atoms with Crippen molar-refractivity contribution >= 4 is 23.1 Å². The SMILES string of the molecule is O=C(CCc1nnc2ccc(N3CCCCC3)nn12)Nc1ccc(CN2CCOCC2)cc1. The minimum atomic E-state index is -0.0418. The van der Waals surface area contributed by atoms with Crippen molar-refractivity contribution in [1.82, 2.24) is 24.7 Å². The summed E-state index contributed by atoms with van der Waals surface area (Å²) in [5.74, 6) is 1.62. The van der Waals surface area contributed by atoms with E-state index in [1.165, 1.54) is 24.8 Å². The third-order valence-electron chi connectivity index (χ3n) is 6.32. The largest absolute Gasteiger partial charge is 0.379 e.